The van der Waals surface area contributed by atoms with Crippen LogP contribution in [0, 0.1) is 0 Å². The molecule has 3 aromatic rings. The molecule has 0 fully saturated rings. The second kappa shape index (κ2) is 8.19. The summed E-state index contributed by atoms with van der Waals surface area (Å²) >= 11 is 1.50. The number of aromatic nitrogens is 3. The van der Waals surface area contributed by atoms with Crippen LogP contribution in [0.4, 0.5) is 11.4 Å². The lowest BCUT2D eigenvalue weighted by Crippen LogP contribution is -2.26. The zero-order valence-electron chi connectivity index (χ0n) is 17.2. The summed E-state index contributed by atoms with van der Waals surface area (Å²) in [6, 6.07) is 13.1. The van der Waals surface area contributed by atoms with Crippen LogP contribution in [-0.2, 0) is 17.8 Å². The molecule has 5 rings (SSSR count). The molecule has 1 aromatic heterocycles. The summed E-state index contributed by atoms with van der Waals surface area (Å²) in [6.45, 7) is 2.79. The Balaban J connectivity index is 1.37. The lowest BCUT2D eigenvalue weighted by molar-refractivity contribution is -0.115. The van der Waals surface area contributed by atoms with E-state index < -0.39 is 0 Å². The van der Waals surface area contributed by atoms with Gasteiger partial charge in [-0.3, -0.25) is 9.59 Å². The van der Waals surface area contributed by atoms with E-state index in [1.54, 1.807) is 12.1 Å². The van der Waals surface area contributed by atoms with E-state index in [0.29, 0.717) is 16.9 Å². The molecule has 2 aliphatic heterocycles. The monoisotopic (exact) mass is 433 g/mol. The number of nitrogens with one attached hydrogen (secondary N) is 2. The van der Waals surface area contributed by atoms with Crippen LogP contribution in [0.15, 0.2) is 47.4 Å². The third-order valence-electron chi connectivity index (χ3n) is 5.66. The van der Waals surface area contributed by atoms with E-state index in [1.807, 2.05) is 37.3 Å². The number of thioether (sulfide) groups is 1. The highest BCUT2D eigenvalue weighted by atomic mass is 32.2. The first-order chi connectivity index (χ1) is 15.1. The molecule has 31 heavy (non-hydrogen) atoms. The molecule has 3 heterocycles. The van der Waals surface area contributed by atoms with E-state index in [4.69, 9.17) is 0 Å². The van der Waals surface area contributed by atoms with Crippen molar-refractivity contribution in [2.45, 2.75) is 49.3 Å². The van der Waals surface area contributed by atoms with Crippen LogP contribution in [0.5, 0.6) is 0 Å². The number of carbonyl (C=O) groups is 2. The van der Waals surface area contributed by atoms with Crippen molar-refractivity contribution in [2.24, 2.45) is 0 Å². The van der Waals surface area contributed by atoms with Gasteiger partial charge in [-0.25, -0.2) is 0 Å². The standard InChI is InChI=1S/C23H23N5O2S/c1-14-22(29)25-18-13-16(9-10-19(18)31-14)23(30)24-17-7-5-6-15(12-17)21-27-26-20-8-3-2-4-11-28(20)21/h5-7,9-10,12-14H,2-4,8,11H2,1H3,(H,24,30)(H,25,29). The Hall–Kier alpha value is -3.13. The number of nitrogens with zero attached hydrogens (tertiary/aromatic N) is 3. The zero-order valence-corrected chi connectivity index (χ0v) is 18.0. The third kappa shape index (κ3) is 3.95. The number of hydrogen-bond donors (Lipinski definition) is 2. The summed E-state index contributed by atoms with van der Waals surface area (Å²) in [4.78, 5) is 25.8. The molecular weight excluding hydrogens is 410 g/mol. The highest BCUT2D eigenvalue weighted by molar-refractivity contribution is 8.00. The van der Waals surface area contributed by atoms with Gasteiger partial charge in [-0.05, 0) is 50.1 Å². The maximum absolute atomic E-state index is 12.9. The Morgan fingerprint density at radius 3 is 2.97 bits per heavy atom. The fourth-order valence-electron chi connectivity index (χ4n) is 3.99. The molecule has 0 saturated carbocycles. The van der Waals surface area contributed by atoms with Crippen molar-refractivity contribution in [3.63, 3.8) is 0 Å². The molecule has 8 heteroatoms. The van der Waals surface area contributed by atoms with Gasteiger partial charge in [-0.2, -0.15) is 0 Å². The van der Waals surface area contributed by atoms with Gasteiger partial charge in [-0.15, -0.1) is 22.0 Å². The Bertz CT molecular complexity index is 1170. The number of fused-ring (bicyclic) bond motifs is 2. The van der Waals surface area contributed by atoms with Gasteiger partial charge >= 0.3 is 0 Å². The molecule has 0 saturated heterocycles. The van der Waals surface area contributed by atoms with Crippen molar-refractivity contribution < 1.29 is 9.59 Å². The fourth-order valence-corrected chi connectivity index (χ4v) is 4.92. The largest absolute Gasteiger partial charge is 0.324 e. The number of hydrogen-bond acceptors (Lipinski definition) is 5. The topological polar surface area (TPSA) is 88.9 Å². The Morgan fingerprint density at radius 2 is 2.06 bits per heavy atom. The molecule has 2 N–H and O–H groups in total. The minimum absolute atomic E-state index is 0.0461. The highest BCUT2D eigenvalue weighted by Crippen LogP contribution is 2.36. The van der Waals surface area contributed by atoms with Crippen molar-refractivity contribution in [3.05, 3.63) is 53.9 Å². The number of amides is 2. The summed E-state index contributed by atoms with van der Waals surface area (Å²) in [7, 11) is 0. The van der Waals surface area contributed by atoms with Crippen LogP contribution < -0.4 is 10.6 Å². The molecular formula is C23H23N5O2S. The van der Waals surface area contributed by atoms with Gasteiger partial charge < -0.3 is 15.2 Å². The first-order valence-electron chi connectivity index (χ1n) is 10.5. The van der Waals surface area contributed by atoms with E-state index in [-0.39, 0.29) is 17.1 Å². The van der Waals surface area contributed by atoms with E-state index in [1.165, 1.54) is 18.2 Å². The smallest absolute Gasteiger partial charge is 0.255 e. The first kappa shape index (κ1) is 19.8. The minimum atomic E-state index is -0.224. The lowest BCUT2D eigenvalue weighted by atomic mass is 10.1. The molecule has 2 aliphatic rings. The van der Waals surface area contributed by atoms with Crippen LogP contribution in [-0.4, -0.2) is 31.8 Å². The molecule has 1 unspecified atom stereocenters. The van der Waals surface area contributed by atoms with Gasteiger partial charge in [0.1, 0.15) is 5.82 Å². The zero-order chi connectivity index (χ0) is 21.4. The second-order valence-electron chi connectivity index (χ2n) is 7.90. The molecule has 2 amide bonds. The van der Waals surface area contributed by atoms with Gasteiger partial charge in [0.25, 0.3) is 5.91 Å². The predicted octanol–water partition coefficient (Wildman–Crippen LogP) is 4.36. The van der Waals surface area contributed by atoms with Gasteiger partial charge in [0.15, 0.2) is 5.82 Å². The van der Waals surface area contributed by atoms with Crippen molar-refractivity contribution in [3.8, 4) is 11.4 Å². The molecule has 0 aliphatic carbocycles. The number of anilines is 2. The number of carbonyl (C=O) groups excluding carboxylic acids is 2. The fraction of sp³-hybridized carbons (Fsp3) is 0.304. The average Bonchev–Trinajstić information content (AvgIpc) is 3.02. The van der Waals surface area contributed by atoms with Crippen LogP contribution in [0.1, 0.15) is 42.4 Å². The number of rotatable bonds is 3. The minimum Gasteiger partial charge on any atom is -0.324 e. The molecule has 0 spiro atoms. The number of aryl methyl sites for hydroxylation is 1. The van der Waals surface area contributed by atoms with Gasteiger partial charge in [0.05, 0.1) is 10.9 Å². The normalized spacial score (nSPS) is 17.8. The quantitative estimate of drug-likeness (QED) is 0.641. The van der Waals surface area contributed by atoms with Crippen molar-refractivity contribution >= 4 is 35.0 Å². The molecule has 2 aromatic carbocycles. The van der Waals surface area contributed by atoms with Crippen LogP contribution in [0.25, 0.3) is 11.4 Å². The first-order valence-corrected chi connectivity index (χ1v) is 11.4. The predicted molar refractivity (Wildman–Crippen MR) is 121 cm³/mol. The number of benzene rings is 2. The summed E-state index contributed by atoms with van der Waals surface area (Å²) in [5.74, 6) is 1.61. The van der Waals surface area contributed by atoms with Crippen LogP contribution in [0.2, 0.25) is 0 Å². The van der Waals surface area contributed by atoms with E-state index >= 15 is 0 Å². The van der Waals surface area contributed by atoms with Crippen LogP contribution in [0.3, 0.4) is 0 Å². The SMILES string of the molecule is CC1Sc2ccc(C(=O)Nc3cccc(-c4nnc5n4CCCCC5)c3)cc2NC1=O. The van der Waals surface area contributed by atoms with Gasteiger partial charge in [-0.1, -0.05) is 18.6 Å². The highest BCUT2D eigenvalue weighted by Gasteiger charge is 2.24. The Morgan fingerprint density at radius 1 is 1.16 bits per heavy atom. The summed E-state index contributed by atoms with van der Waals surface area (Å²) in [5, 5.41) is 14.5. The van der Waals surface area contributed by atoms with E-state index in [2.05, 4.69) is 25.4 Å². The van der Waals surface area contributed by atoms with Crippen LogP contribution >= 0.6 is 11.8 Å². The molecule has 7 nitrogen and oxygen atoms in total. The summed E-state index contributed by atoms with van der Waals surface area (Å²) in [6.07, 6.45) is 4.43. The summed E-state index contributed by atoms with van der Waals surface area (Å²) < 4.78 is 2.19. The van der Waals surface area contributed by atoms with Crippen molar-refractivity contribution in [2.75, 3.05) is 10.6 Å². The van der Waals surface area contributed by atoms with Crippen molar-refractivity contribution in [1.82, 2.24) is 14.8 Å². The maximum atomic E-state index is 12.9. The molecule has 158 valence electrons. The van der Waals surface area contributed by atoms with Crippen molar-refractivity contribution in [1.29, 1.82) is 0 Å². The average molecular weight is 434 g/mol. The third-order valence-corrected chi connectivity index (χ3v) is 6.84. The lowest BCUT2D eigenvalue weighted by Gasteiger charge is -2.21. The summed E-state index contributed by atoms with van der Waals surface area (Å²) in [5.41, 5.74) is 2.80. The Kier molecular flexibility index (Phi) is 5.23. The van der Waals surface area contributed by atoms with E-state index in [0.717, 1.165) is 47.9 Å². The molecule has 0 bridgehead atoms. The van der Waals surface area contributed by atoms with Gasteiger partial charge in [0.2, 0.25) is 5.91 Å². The van der Waals surface area contributed by atoms with Gasteiger partial charge in [0, 0.05) is 34.7 Å². The second-order valence-corrected chi connectivity index (χ2v) is 9.28. The maximum Gasteiger partial charge on any atom is 0.255 e. The van der Waals surface area contributed by atoms with E-state index in [9.17, 15) is 9.59 Å². The molecule has 1 atom stereocenters. The molecule has 0 radical (unpaired) electrons. The Labute approximate surface area is 184 Å².